The zero-order valence-corrected chi connectivity index (χ0v) is 16.9. The minimum Gasteiger partial charge on any atom is -0.466 e. The second-order valence-electron chi connectivity index (χ2n) is 8.70. The molecule has 1 aliphatic heterocycles. The zero-order valence-electron chi connectivity index (χ0n) is 16.9. The Morgan fingerprint density at radius 1 is 1.07 bits per heavy atom. The standard InChI is InChI=1S/C21H36O6/c1-21(2)13-26-20(27-14-21)11-10-16-15(17(22)12-18(16)23)8-6-4-5-7-9-19(24)25-3/h7,9,15-18,20,22-23H,4-6,8,10-14H2,1-3H3/t15-,16-,17+,18-/m1/s1. The first kappa shape index (κ1) is 22.3. The molecular weight excluding hydrogens is 348 g/mol. The lowest BCUT2D eigenvalue weighted by molar-refractivity contribution is -0.225. The number of methoxy groups -OCH3 is 1. The van der Waals surface area contributed by atoms with Crippen molar-refractivity contribution in [3.8, 4) is 0 Å². The summed E-state index contributed by atoms with van der Waals surface area (Å²) in [5.74, 6) is -0.127. The van der Waals surface area contributed by atoms with E-state index in [-0.39, 0.29) is 29.5 Å². The minimum absolute atomic E-state index is 0.0599. The summed E-state index contributed by atoms with van der Waals surface area (Å²) in [5.41, 5.74) is 0.0599. The molecule has 0 aromatic heterocycles. The number of aliphatic hydroxyl groups is 2. The van der Waals surface area contributed by atoms with Crippen molar-refractivity contribution in [2.24, 2.45) is 17.3 Å². The summed E-state index contributed by atoms with van der Waals surface area (Å²) < 4.78 is 16.1. The van der Waals surface area contributed by atoms with Crippen molar-refractivity contribution in [2.45, 2.75) is 77.3 Å². The Balaban J connectivity index is 1.72. The van der Waals surface area contributed by atoms with Crippen LogP contribution in [0.5, 0.6) is 0 Å². The van der Waals surface area contributed by atoms with Crippen LogP contribution in [0.1, 0.15) is 58.8 Å². The van der Waals surface area contributed by atoms with Crippen molar-refractivity contribution in [2.75, 3.05) is 20.3 Å². The van der Waals surface area contributed by atoms with Crippen LogP contribution >= 0.6 is 0 Å². The van der Waals surface area contributed by atoms with Crippen LogP contribution in [0.4, 0.5) is 0 Å². The van der Waals surface area contributed by atoms with E-state index in [9.17, 15) is 15.0 Å². The molecule has 1 aliphatic carbocycles. The Kier molecular flexibility index (Phi) is 8.73. The molecule has 0 amide bonds. The number of rotatable bonds is 9. The van der Waals surface area contributed by atoms with Crippen LogP contribution in [0.25, 0.3) is 0 Å². The van der Waals surface area contributed by atoms with E-state index in [4.69, 9.17) is 9.47 Å². The van der Waals surface area contributed by atoms with E-state index in [0.29, 0.717) is 19.6 Å². The van der Waals surface area contributed by atoms with Gasteiger partial charge in [0.15, 0.2) is 6.29 Å². The van der Waals surface area contributed by atoms with Crippen LogP contribution in [-0.4, -0.2) is 55.0 Å². The van der Waals surface area contributed by atoms with Crippen LogP contribution in [0.3, 0.4) is 0 Å². The highest BCUT2D eigenvalue weighted by molar-refractivity contribution is 5.81. The molecule has 27 heavy (non-hydrogen) atoms. The third-order valence-corrected chi connectivity index (χ3v) is 5.69. The van der Waals surface area contributed by atoms with Crippen LogP contribution in [0, 0.1) is 17.3 Å². The van der Waals surface area contributed by atoms with E-state index >= 15 is 0 Å². The number of allylic oxidation sites excluding steroid dienone is 1. The number of hydrogen-bond donors (Lipinski definition) is 2. The molecule has 0 radical (unpaired) electrons. The summed E-state index contributed by atoms with van der Waals surface area (Å²) in [4.78, 5) is 11.0. The van der Waals surface area contributed by atoms with E-state index in [1.165, 1.54) is 13.2 Å². The summed E-state index contributed by atoms with van der Waals surface area (Å²) in [6, 6.07) is 0. The van der Waals surface area contributed by atoms with E-state index in [0.717, 1.165) is 38.5 Å². The maximum absolute atomic E-state index is 11.0. The van der Waals surface area contributed by atoms with E-state index < -0.39 is 12.2 Å². The van der Waals surface area contributed by atoms with Gasteiger partial charge in [0.2, 0.25) is 0 Å². The number of unbranched alkanes of at least 4 members (excludes halogenated alkanes) is 2. The highest BCUT2D eigenvalue weighted by atomic mass is 16.7. The molecule has 0 unspecified atom stereocenters. The molecule has 0 aromatic rings. The molecule has 0 bridgehead atoms. The Hall–Kier alpha value is -0.950. The molecule has 6 heteroatoms. The van der Waals surface area contributed by atoms with Crippen LogP contribution in [0.15, 0.2) is 12.2 Å². The molecule has 1 saturated heterocycles. The van der Waals surface area contributed by atoms with Gasteiger partial charge in [0.25, 0.3) is 0 Å². The average molecular weight is 385 g/mol. The Bertz CT molecular complexity index is 479. The zero-order chi connectivity index (χ0) is 19.9. The number of carbonyl (C=O) groups is 1. The predicted octanol–water partition coefficient (Wildman–Crippen LogP) is 2.81. The molecule has 1 heterocycles. The molecule has 156 valence electrons. The second-order valence-corrected chi connectivity index (χ2v) is 8.70. The lowest BCUT2D eigenvalue weighted by Crippen LogP contribution is -2.38. The van der Waals surface area contributed by atoms with Crippen molar-refractivity contribution in [3.63, 3.8) is 0 Å². The van der Waals surface area contributed by atoms with Crippen molar-refractivity contribution < 1.29 is 29.2 Å². The highest BCUT2D eigenvalue weighted by Crippen LogP contribution is 2.39. The molecule has 4 atom stereocenters. The first-order valence-electron chi connectivity index (χ1n) is 10.2. The Morgan fingerprint density at radius 3 is 2.33 bits per heavy atom. The van der Waals surface area contributed by atoms with Gasteiger partial charge in [-0.2, -0.15) is 0 Å². The largest absolute Gasteiger partial charge is 0.466 e. The lowest BCUT2D eigenvalue weighted by Gasteiger charge is -2.35. The highest BCUT2D eigenvalue weighted by Gasteiger charge is 2.41. The molecule has 0 spiro atoms. The van der Waals surface area contributed by atoms with E-state index in [2.05, 4.69) is 18.6 Å². The summed E-state index contributed by atoms with van der Waals surface area (Å²) in [6.45, 7) is 5.62. The number of esters is 1. The van der Waals surface area contributed by atoms with Gasteiger partial charge in [-0.3, -0.25) is 0 Å². The van der Waals surface area contributed by atoms with Gasteiger partial charge in [0.1, 0.15) is 0 Å². The number of hydrogen-bond acceptors (Lipinski definition) is 6. The fraction of sp³-hybridized carbons (Fsp3) is 0.857. The number of ether oxygens (including phenoxy) is 3. The molecule has 2 aliphatic rings. The molecular formula is C21H36O6. The Labute approximate surface area is 162 Å². The molecule has 1 saturated carbocycles. The van der Waals surface area contributed by atoms with Crippen molar-refractivity contribution in [1.82, 2.24) is 0 Å². The van der Waals surface area contributed by atoms with Gasteiger partial charge in [-0.1, -0.05) is 26.3 Å². The van der Waals surface area contributed by atoms with E-state index in [1.54, 1.807) is 0 Å². The van der Waals surface area contributed by atoms with Gasteiger partial charge in [0.05, 0.1) is 32.5 Å². The minimum atomic E-state index is -0.454. The SMILES string of the molecule is COC(=O)C=CCCCC[C@@H]1[C@@H](CCC2OCC(C)(C)CO2)[C@H](O)C[C@@H]1O. The van der Waals surface area contributed by atoms with Crippen molar-refractivity contribution >= 4 is 5.97 Å². The predicted molar refractivity (Wildman–Crippen MR) is 102 cm³/mol. The van der Waals surface area contributed by atoms with Crippen LogP contribution in [-0.2, 0) is 19.0 Å². The first-order chi connectivity index (χ1) is 12.8. The molecule has 6 nitrogen and oxygen atoms in total. The summed E-state index contributed by atoms with van der Waals surface area (Å²) >= 11 is 0. The van der Waals surface area contributed by atoms with Crippen molar-refractivity contribution in [3.05, 3.63) is 12.2 Å². The topological polar surface area (TPSA) is 85.2 Å². The number of carbonyl (C=O) groups excluding carboxylic acids is 1. The van der Waals surface area contributed by atoms with Gasteiger partial charge in [-0.25, -0.2) is 4.79 Å². The quantitative estimate of drug-likeness (QED) is 0.361. The molecule has 2 rings (SSSR count). The first-order valence-corrected chi connectivity index (χ1v) is 10.2. The fourth-order valence-electron chi connectivity index (χ4n) is 4.09. The van der Waals surface area contributed by atoms with Gasteiger partial charge < -0.3 is 24.4 Å². The summed E-state index contributed by atoms with van der Waals surface area (Å²) in [6.07, 6.45) is 7.78. The Morgan fingerprint density at radius 2 is 1.70 bits per heavy atom. The number of aliphatic hydroxyl groups excluding tert-OH is 2. The third kappa shape index (κ3) is 7.18. The monoisotopic (exact) mass is 384 g/mol. The summed E-state index contributed by atoms with van der Waals surface area (Å²) in [5, 5.41) is 20.7. The average Bonchev–Trinajstić information content (AvgIpc) is 2.89. The normalized spacial score (nSPS) is 31.4. The maximum Gasteiger partial charge on any atom is 0.330 e. The second kappa shape index (κ2) is 10.6. The van der Waals surface area contributed by atoms with Gasteiger partial charge in [0, 0.05) is 11.5 Å². The smallest absolute Gasteiger partial charge is 0.330 e. The van der Waals surface area contributed by atoms with Crippen molar-refractivity contribution in [1.29, 1.82) is 0 Å². The molecule has 0 aromatic carbocycles. The van der Waals surface area contributed by atoms with Crippen LogP contribution in [0.2, 0.25) is 0 Å². The third-order valence-electron chi connectivity index (χ3n) is 5.69. The summed E-state index contributed by atoms with van der Waals surface area (Å²) in [7, 11) is 1.36. The maximum atomic E-state index is 11.0. The van der Waals surface area contributed by atoms with Crippen LogP contribution < -0.4 is 0 Å². The molecule has 2 fully saturated rings. The molecule has 2 N–H and O–H groups in total. The van der Waals surface area contributed by atoms with Gasteiger partial charge >= 0.3 is 5.97 Å². The fourth-order valence-corrected chi connectivity index (χ4v) is 4.09. The van der Waals surface area contributed by atoms with E-state index in [1.807, 2.05) is 6.08 Å². The van der Waals surface area contributed by atoms with Gasteiger partial charge in [-0.05, 0) is 50.4 Å². The van der Waals surface area contributed by atoms with Gasteiger partial charge in [-0.15, -0.1) is 0 Å². The lowest BCUT2D eigenvalue weighted by atomic mass is 9.85.